The van der Waals surface area contributed by atoms with Gasteiger partial charge in [-0.1, -0.05) is 52.3 Å². The summed E-state index contributed by atoms with van der Waals surface area (Å²) in [6, 6.07) is 3.70. The number of nitrogens with two attached hydrogens (primary N) is 1. The van der Waals surface area contributed by atoms with Crippen LogP contribution in [0.25, 0.3) is 10.9 Å². The number of aromatic nitrogens is 1. The molecule has 0 aliphatic rings. The van der Waals surface area contributed by atoms with Crippen molar-refractivity contribution < 1.29 is 24.3 Å². The van der Waals surface area contributed by atoms with Crippen molar-refractivity contribution in [2.24, 2.45) is 17.6 Å². The quantitative estimate of drug-likeness (QED) is 0.264. The second-order valence-electron chi connectivity index (χ2n) is 9.33. The van der Waals surface area contributed by atoms with Crippen molar-refractivity contribution in [1.82, 2.24) is 20.9 Å². The number of amides is 3. The second-order valence-corrected chi connectivity index (χ2v) is 9.33. The largest absolute Gasteiger partial charge is 0.480 e. The summed E-state index contributed by atoms with van der Waals surface area (Å²) in [6.07, 6.45) is 2.65. The van der Waals surface area contributed by atoms with E-state index in [1.165, 1.54) is 6.92 Å². The van der Waals surface area contributed by atoms with Gasteiger partial charge in [-0.15, -0.1) is 0 Å². The molecule has 5 atom stereocenters. The average Bonchev–Trinajstić information content (AvgIpc) is 3.22. The van der Waals surface area contributed by atoms with Crippen LogP contribution in [0.2, 0.25) is 0 Å². The number of carbonyl (C=O) groups is 4. The van der Waals surface area contributed by atoms with E-state index in [-0.39, 0.29) is 18.3 Å². The van der Waals surface area contributed by atoms with Crippen molar-refractivity contribution >= 4 is 34.6 Å². The number of carboxylic acids is 1. The van der Waals surface area contributed by atoms with Crippen LogP contribution >= 0.6 is 0 Å². The van der Waals surface area contributed by atoms with Gasteiger partial charge in [-0.2, -0.15) is 0 Å². The highest BCUT2D eigenvalue weighted by Gasteiger charge is 2.30. The Balaban J connectivity index is 2.21. The topological polar surface area (TPSA) is 166 Å². The number of aliphatic carboxylic acids is 1. The first-order valence-electron chi connectivity index (χ1n) is 11.9. The molecule has 2 rings (SSSR count). The number of H-pyrrole nitrogens is 1. The summed E-state index contributed by atoms with van der Waals surface area (Å²) in [4.78, 5) is 53.1. The summed E-state index contributed by atoms with van der Waals surface area (Å²) >= 11 is 0. The van der Waals surface area contributed by atoms with Crippen LogP contribution in [0.15, 0.2) is 30.5 Å². The van der Waals surface area contributed by atoms with Crippen LogP contribution in [0, 0.1) is 11.8 Å². The SMILES string of the molecule is CCC(C)C(N)C(=O)NC(Cc1c[nH]c2ccccc12)C(=O)NC(C)C(=O)NC(C(=O)O)C(C)C. The lowest BCUT2D eigenvalue weighted by atomic mass is 9.98. The van der Waals surface area contributed by atoms with Gasteiger partial charge in [0.2, 0.25) is 17.7 Å². The molecular weight excluding hydrogens is 450 g/mol. The normalized spacial score (nSPS) is 15.6. The van der Waals surface area contributed by atoms with Crippen molar-refractivity contribution in [3.8, 4) is 0 Å². The monoisotopic (exact) mass is 487 g/mol. The molecule has 192 valence electrons. The van der Waals surface area contributed by atoms with Crippen molar-refractivity contribution in [2.75, 3.05) is 0 Å². The van der Waals surface area contributed by atoms with Gasteiger partial charge >= 0.3 is 5.97 Å². The molecule has 0 saturated heterocycles. The molecule has 10 nitrogen and oxygen atoms in total. The summed E-state index contributed by atoms with van der Waals surface area (Å²) in [7, 11) is 0. The first-order chi connectivity index (χ1) is 16.5. The van der Waals surface area contributed by atoms with Gasteiger partial charge in [0.1, 0.15) is 18.1 Å². The van der Waals surface area contributed by atoms with Gasteiger partial charge in [-0.3, -0.25) is 14.4 Å². The van der Waals surface area contributed by atoms with E-state index in [1.54, 1.807) is 20.0 Å². The molecular formula is C25H37N5O5. The summed E-state index contributed by atoms with van der Waals surface area (Å²) in [5.41, 5.74) is 7.79. The summed E-state index contributed by atoms with van der Waals surface area (Å²) in [6.45, 7) is 8.60. The highest BCUT2D eigenvalue weighted by atomic mass is 16.4. The van der Waals surface area contributed by atoms with E-state index in [0.717, 1.165) is 16.5 Å². The number of hydrogen-bond acceptors (Lipinski definition) is 5. The number of aromatic amines is 1. The third kappa shape index (κ3) is 7.29. The third-order valence-corrected chi connectivity index (χ3v) is 6.27. The van der Waals surface area contributed by atoms with Crippen molar-refractivity contribution in [3.05, 3.63) is 36.0 Å². The maximum atomic E-state index is 13.2. The Labute approximate surface area is 205 Å². The zero-order chi connectivity index (χ0) is 26.3. The van der Waals surface area contributed by atoms with Crippen LogP contribution in [0.5, 0.6) is 0 Å². The number of benzene rings is 1. The van der Waals surface area contributed by atoms with Gasteiger partial charge in [0.05, 0.1) is 6.04 Å². The first kappa shape index (κ1) is 27.8. The zero-order valence-corrected chi connectivity index (χ0v) is 20.9. The number of carbonyl (C=O) groups excluding carboxylic acids is 3. The molecule has 3 amide bonds. The molecule has 0 fully saturated rings. The minimum atomic E-state index is -1.16. The number of carboxylic acid groups (broad SMARTS) is 1. The highest BCUT2D eigenvalue weighted by Crippen LogP contribution is 2.19. The molecule has 1 aromatic heterocycles. The van der Waals surface area contributed by atoms with E-state index in [0.29, 0.717) is 6.42 Å². The Hall–Kier alpha value is -3.40. The lowest BCUT2D eigenvalue weighted by Crippen LogP contribution is -2.57. The van der Waals surface area contributed by atoms with Gasteiger partial charge in [-0.05, 0) is 30.4 Å². The van der Waals surface area contributed by atoms with E-state index in [9.17, 15) is 24.3 Å². The van der Waals surface area contributed by atoms with E-state index in [1.807, 2.05) is 38.1 Å². The molecule has 1 aromatic carbocycles. The number of fused-ring (bicyclic) bond motifs is 1. The Morgan fingerprint density at radius 3 is 2.23 bits per heavy atom. The predicted molar refractivity (Wildman–Crippen MR) is 133 cm³/mol. The smallest absolute Gasteiger partial charge is 0.326 e. The Morgan fingerprint density at radius 2 is 1.63 bits per heavy atom. The average molecular weight is 488 g/mol. The van der Waals surface area contributed by atoms with E-state index >= 15 is 0 Å². The summed E-state index contributed by atoms with van der Waals surface area (Å²) < 4.78 is 0. The molecule has 0 saturated carbocycles. The molecule has 0 aliphatic heterocycles. The lowest BCUT2D eigenvalue weighted by Gasteiger charge is -2.25. The van der Waals surface area contributed by atoms with Crippen LogP contribution in [-0.4, -0.2) is 57.9 Å². The fourth-order valence-electron chi connectivity index (χ4n) is 3.68. The zero-order valence-electron chi connectivity index (χ0n) is 20.9. The highest BCUT2D eigenvalue weighted by molar-refractivity contribution is 5.94. The van der Waals surface area contributed by atoms with Gasteiger partial charge in [0.15, 0.2) is 0 Å². The molecule has 10 heteroatoms. The predicted octanol–water partition coefficient (Wildman–Crippen LogP) is 1.30. The van der Waals surface area contributed by atoms with Crippen molar-refractivity contribution in [2.45, 2.75) is 71.6 Å². The number of hydrogen-bond donors (Lipinski definition) is 6. The van der Waals surface area contributed by atoms with Crippen LogP contribution in [0.3, 0.4) is 0 Å². The second kappa shape index (κ2) is 12.3. The van der Waals surface area contributed by atoms with Gasteiger partial charge in [-0.25, -0.2) is 4.79 Å². The fraction of sp³-hybridized carbons (Fsp3) is 0.520. The Morgan fingerprint density at radius 1 is 0.971 bits per heavy atom. The molecule has 0 aliphatic carbocycles. The molecule has 0 bridgehead atoms. The minimum absolute atomic E-state index is 0.0829. The van der Waals surface area contributed by atoms with Gasteiger partial charge < -0.3 is 31.8 Å². The van der Waals surface area contributed by atoms with Crippen molar-refractivity contribution in [1.29, 1.82) is 0 Å². The Bertz CT molecular complexity index is 1050. The number of para-hydroxylation sites is 1. The molecule has 35 heavy (non-hydrogen) atoms. The van der Waals surface area contributed by atoms with Crippen molar-refractivity contribution in [3.63, 3.8) is 0 Å². The summed E-state index contributed by atoms with van der Waals surface area (Å²) in [5.74, 6) is -3.24. The standard InChI is InChI=1S/C25H37N5O5/c1-6-14(4)20(26)24(33)29-19(11-16-12-27-18-10-8-7-9-17(16)18)23(32)28-15(5)22(31)30-21(13(2)3)25(34)35/h7-10,12-15,19-21,27H,6,11,26H2,1-5H3,(H,28,32)(H,29,33)(H,30,31)(H,34,35). The maximum absolute atomic E-state index is 13.2. The van der Waals surface area contributed by atoms with Crippen LogP contribution < -0.4 is 21.7 Å². The third-order valence-electron chi connectivity index (χ3n) is 6.27. The van der Waals surface area contributed by atoms with E-state index in [4.69, 9.17) is 5.73 Å². The van der Waals surface area contributed by atoms with Gasteiger partial charge in [0.25, 0.3) is 0 Å². The molecule has 1 heterocycles. The number of nitrogens with one attached hydrogen (secondary N) is 4. The number of rotatable bonds is 12. The van der Waals surface area contributed by atoms with Crippen LogP contribution in [-0.2, 0) is 25.6 Å². The summed E-state index contributed by atoms with van der Waals surface area (Å²) in [5, 5.41) is 18.0. The van der Waals surface area contributed by atoms with Crippen LogP contribution in [0.4, 0.5) is 0 Å². The molecule has 0 spiro atoms. The minimum Gasteiger partial charge on any atom is -0.480 e. The molecule has 2 aromatic rings. The Kier molecular flexibility index (Phi) is 9.82. The fourth-order valence-corrected chi connectivity index (χ4v) is 3.68. The van der Waals surface area contributed by atoms with Gasteiger partial charge in [0, 0.05) is 23.5 Å². The maximum Gasteiger partial charge on any atom is 0.326 e. The van der Waals surface area contributed by atoms with E-state index < -0.39 is 47.9 Å². The molecule has 7 N–H and O–H groups in total. The van der Waals surface area contributed by atoms with Crippen LogP contribution in [0.1, 0.15) is 46.6 Å². The van der Waals surface area contributed by atoms with E-state index in [2.05, 4.69) is 20.9 Å². The molecule has 0 radical (unpaired) electrons. The lowest BCUT2D eigenvalue weighted by molar-refractivity contribution is -0.143. The molecule has 5 unspecified atom stereocenters. The first-order valence-corrected chi connectivity index (χ1v) is 11.9.